The first kappa shape index (κ1) is 29.3. The van der Waals surface area contributed by atoms with Gasteiger partial charge in [-0.15, -0.1) is 0 Å². The van der Waals surface area contributed by atoms with Gasteiger partial charge in [0.25, 0.3) is 5.60 Å². The van der Waals surface area contributed by atoms with Gasteiger partial charge in [-0.3, -0.25) is 4.79 Å². The summed E-state index contributed by atoms with van der Waals surface area (Å²) in [6.07, 6.45) is -4.26. The molecule has 12 heteroatoms. The van der Waals surface area contributed by atoms with Crippen molar-refractivity contribution in [2.45, 2.75) is 31.2 Å². The minimum atomic E-state index is -4.99. The van der Waals surface area contributed by atoms with Gasteiger partial charge in [-0.25, -0.2) is 4.39 Å². The molecule has 0 radical (unpaired) electrons. The molecule has 6 nitrogen and oxygen atoms in total. The van der Waals surface area contributed by atoms with Crippen LogP contribution in [0.3, 0.4) is 0 Å². The maximum absolute atomic E-state index is 14.6. The number of amides is 1. The lowest BCUT2D eigenvalue weighted by molar-refractivity contribution is -0.275. The molecule has 216 valence electrons. The highest BCUT2D eigenvalue weighted by Gasteiger charge is 2.62. The quantitative estimate of drug-likeness (QED) is 0.0950. The normalized spacial score (nSPS) is 17.0. The van der Waals surface area contributed by atoms with E-state index >= 15 is 0 Å². The largest absolute Gasteiger partial charge is 0.435 e. The van der Waals surface area contributed by atoms with Gasteiger partial charge in [-0.2, -0.15) is 13.2 Å². The number of oxime groups is 2. The first-order chi connectivity index (χ1) is 20.0. The summed E-state index contributed by atoms with van der Waals surface area (Å²) < 4.78 is 57.9. The van der Waals surface area contributed by atoms with Crippen molar-refractivity contribution in [1.29, 1.82) is 0 Å². The van der Waals surface area contributed by atoms with Gasteiger partial charge in [-0.1, -0.05) is 88.1 Å². The molecule has 0 fully saturated rings. The van der Waals surface area contributed by atoms with Crippen LogP contribution >= 0.6 is 23.2 Å². The zero-order valence-corrected chi connectivity index (χ0v) is 23.1. The van der Waals surface area contributed by atoms with Gasteiger partial charge in [0.05, 0.1) is 21.3 Å². The number of fused-ring (bicyclic) bond motifs is 1. The number of benzene rings is 4. The third kappa shape index (κ3) is 5.52. The molecule has 0 saturated carbocycles. The van der Waals surface area contributed by atoms with E-state index in [1.165, 1.54) is 12.3 Å². The van der Waals surface area contributed by atoms with Crippen molar-refractivity contribution in [3.63, 3.8) is 0 Å². The lowest BCUT2D eigenvalue weighted by Gasteiger charge is -2.30. The van der Waals surface area contributed by atoms with Crippen LogP contribution < -0.4 is 5.73 Å². The zero-order valence-electron chi connectivity index (χ0n) is 21.6. The van der Waals surface area contributed by atoms with Crippen molar-refractivity contribution < 1.29 is 32.0 Å². The molecule has 1 aliphatic heterocycles. The molecule has 5 rings (SSSR count). The van der Waals surface area contributed by atoms with E-state index in [0.29, 0.717) is 16.3 Å². The van der Waals surface area contributed by atoms with Gasteiger partial charge >= 0.3 is 6.18 Å². The van der Waals surface area contributed by atoms with Crippen molar-refractivity contribution in [2.75, 3.05) is 0 Å². The Kier molecular flexibility index (Phi) is 8.12. The maximum atomic E-state index is 14.6. The van der Waals surface area contributed by atoms with Crippen LogP contribution in [0.25, 0.3) is 10.8 Å². The fraction of sp³-hybridized carbons (Fsp3) is 0.167. The molecule has 4 aromatic carbocycles. The fourth-order valence-electron chi connectivity index (χ4n) is 4.84. The summed E-state index contributed by atoms with van der Waals surface area (Å²) in [4.78, 5) is 23.0. The Hall–Kier alpha value is -4.15. The number of nitrogens with two attached hydrogens (primary N) is 1. The molecule has 1 atom stereocenters. The van der Waals surface area contributed by atoms with Crippen molar-refractivity contribution in [3.05, 3.63) is 116 Å². The Balaban J connectivity index is 1.53. The zero-order chi connectivity index (χ0) is 30.1. The van der Waals surface area contributed by atoms with E-state index in [-0.39, 0.29) is 29.9 Å². The summed E-state index contributed by atoms with van der Waals surface area (Å²) in [5.41, 5.74) is 3.94. The summed E-state index contributed by atoms with van der Waals surface area (Å²) in [6.45, 7) is 0.216. The van der Waals surface area contributed by atoms with E-state index in [1.54, 1.807) is 24.3 Å². The average Bonchev–Trinajstić information content (AvgIpc) is 3.42. The van der Waals surface area contributed by atoms with Crippen LogP contribution in [0.5, 0.6) is 0 Å². The van der Waals surface area contributed by atoms with Crippen molar-refractivity contribution >= 4 is 51.8 Å². The molecule has 1 amide bonds. The van der Waals surface area contributed by atoms with Crippen LogP contribution in [0, 0.1) is 5.82 Å². The topological polar surface area (TPSA) is 86.3 Å². The highest BCUT2D eigenvalue weighted by molar-refractivity contribution is 6.35. The number of carbonyl (C=O) groups excluding carboxylic acids is 1. The number of hydrogen-bond donors (Lipinski definition) is 1. The standard InChI is InChI=1S/C30H21Cl2F4N3O3/c31-23-13-19(14-24(32)27(23)33)29(30(34,35)36)15-25(39-42-29)22-12-18(10-11-38-41-16-17-6-2-1-3-7-17)26(28(37)40)21-9-5-4-8-20(21)22/h1-9,11-14H,10,15-16H2,(H2,37,40). The molecule has 42 heavy (non-hydrogen) atoms. The highest BCUT2D eigenvalue weighted by Crippen LogP contribution is 2.50. The average molecular weight is 618 g/mol. The van der Waals surface area contributed by atoms with E-state index < -0.39 is 45.5 Å². The molecule has 0 spiro atoms. The van der Waals surface area contributed by atoms with Crippen molar-refractivity contribution in [1.82, 2.24) is 0 Å². The summed E-state index contributed by atoms with van der Waals surface area (Å²) in [5.74, 6) is -1.78. The number of rotatable bonds is 8. The molecule has 0 bridgehead atoms. The molecule has 0 aliphatic carbocycles. The molecule has 2 N–H and O–H groups in total. The number of nitrogens with zero attached hydrogens (tertiary/aromatic N) is 2. The highest BCUT2D eigenvalue weighted by atomic mass is 35.5. The summed E-state index contributed by atoms with van der Waals surface area (Å²) >= 11 is 11.7. The second-order valence-corrected chi connectivity index (χ2v) is 10.3. The molecule has 1 heterocycles. The molecule has 1 unspecified atom stereocenters. The summed E-state index contributed by atoms with van der Waals surface area (Å²) in [5, 5.41) is 7.45. The van der Waals surface area contributed by atoms with Crippen LogP contribution in [-0.2, 0) is 28.3 Å². The Morgan fingerprint density at radius 3 is 2.33 bits per heavy atom. The van der Waals surface area contributed by atoms with Crippen molar-refractivity contribution in [3.8, 4) is 0 Å². The molecule has 4 aromatic rings. The smallest absolute Gasteiger partial charge is 0.391 e. The molecular formula is C30H21Cl2F4N3O3. The second kappa shape index (κ2) is 11.6. The summed E-state index contributed by atoms with van der Waals surface area (Å²) in [6, 6.07) is 19.1. The van der Waals surface area contributed by atoms with E-state index in [2.05, 4.69) is 10.3 Å². The van der Waals surface area contributed by atoms with E-state index in [9.17, 15) is 22.4 Å². The number of primary amides is 1. The van der Waals surface area contributed by atoms with Gasteiger partial charge in [-0.05, 0) is 40.1 Å². The van der Waals surface area contributed by atoms with Crippen LogP contribution in [0.15, 0.2) is 83.1 Å². The van der Waals surface area contributed by atoms with E-state index in [1.807, 2.05) is 30.3 Å². The number of carbonyl (C=O) groups is 1. The molecule has 1 aliphatic rings. The van der Waals surface area contributed by atoms with Crippen LogP contribution in [0.1, 0.15) is 39.0 Å². The Morgan fingerprint density at radius 2 is 1.69 bits per heavy atom. The van der Waals surface area contributed by atoms with Gasteiger partial charge in [0.2, 0.25) is 5.91 Å². The van der Waals surface area contributed by atoms with E-state index in [4.69, 9.17) is 38.6 Å². The Labute approximate surface area is 247 Å². The number of alkyl halides is 3. The third-order valence-corrected chi connectivity index (χ3v) is 7.40. The minimum absolute atomic E-state index is 0.0605. The molecule has 0 aromatic heterocycles. The van der Waals surface area contributed by atoms with Crippen LogP contribution in [0.2, 0.25) is 10.0 Å². The van der Waals surface area contributed by atoms with Gasteiger partial charge in [0.1, 0.15) is 6.61 Å². The Bertz CT molecular complexity index is 1710. The van der Waals surface area contributed by atoms with Crippen LogP contribution in [0.4, 0.5) is 17.6 Å². The van der Waals surface area contributed by atoms with Gasteiger partial charge in [0.15, 0.2) is 5.82 Å². The lowest BCUT2D eigenvalue weighted by Crippen LogP contribution is -2.42. The monoisotopic (exact) mass is 617 g/mol. The van der Waals surface area contributed by atoms with Crippen molar-refractivity contribution in [2.24, 2.45) is 16.0 Å². The van der Waals surface area contributed by atoms with Gasteiger partial charge in [0, 0.05) is 30.2 Å². The number of hydrogen-bond acceptors (Lipinski definition) is 5. The predicted octanol–water partition coefficient (Wildman–Crippen LogP) is 7.71. The first-order valence-corrected chi connectivity index (χ1v) is 13.3. The Morgan fingerprint density at radius 1 is 1.05 bits per heavy atom. The minimum Gasteiger partial charge on any atom is -0.391 e. The molecule has 0 saturated heterocycles. The second-order valence-electron chi connectivity index (χ2n) is 9.50. The third-order valence-electron chi connectivity index (χ3n) is 6.85. The lowest BCUT2D eigenvalue weighted by atomic mass is 9.84. The van der Waals surface area contributed by atoms with Gasteiger partial charge < -0.3 is 15.4 Å². The first-order valence-electron chi connectivity index (χ1n) is 12.5. The maximum Gasteiger partial charge on any atom is 0.435 e. The number of halogens is 6. The van der Waals surface area contributed by atoms with E-state index in [0.717, 1.165) is 17.7 Å². The predicted molar refractivity (Wildman–Crippen MR) is 152 cm³/mol. The SMILES string of the molecule is NC(=O)c1c(CC=NOCc2ccccc2)cc(C2=NOC(c3cc(Cl)c(F)c(Cl)c3)(C(F)(F)F)C2)c2ccccc12. The van der Waals surface area contributed by atoms with Crippen LogP contribution in [-0.4, -0.2) is 24.0 Å². The fourth-order valence-corrected chi connectivity index (χ4v) is 5.32. The molecular weight excluding hydrogens is 597 g/mol. The summed E-state index contributed by atoms with van der Waals surface area (Å²) in [7, 11) is 0.